The van der Waals surface area contributed by atoms with E-state index < -0.39 is 17.8 Å². The minimum atomic E-state index is -1.31. The monoisotopic (exact) mass is 143 g/mol. The first-order valence-corrected chi connectivity index (χ1v) is 3.07. The van der Waals surface area contributed by atoms with E-state index >= 15 is 0 Å². The van der Waals surface area contributed by atoms with Crippen molar-refractivity contribution >= 4 is 11.8 Å². The zero-order valence-corrected chi connectivity index (χ0v) is 6.43. The average molecular weight is 143 g/mol. The average Bonchev–Trinajstić information content (AvgIpc) is 1.60. The van der Waals surface area contributed by atoms with E-state index in [1.165, 1.54) is 0 Å². The highest BCUT2D eigenvalue weighted by Gasteiger charge is 2.20. The van der Waals surface area contributed by atoms with Crippen molar-refractivity contribution < 1.29 is 14.7 Å². The van der Waals surface area contributed by atoms with E-state index in [-0.39, 0.29) is 5.78 Å². The molecule has 0 rings (SSSR count). The largest absolute Gasteiger partial charge is 0.550 e. The molecule has 0 bridgehead atoms. The molecule has 0 fully saturated rings. The Morgan fingerprint density at radius 3 is 1.80 bits per heavy atom. The third-order valence-electron chi connectivity index (χ3n) is 1.14. The lowest BCUT2D eigenvalue weighted by atomic mass is 9.89. The highest BCUT2D eigenvalue weighted by Crippen LogP contribution is 2.15. The maximum atomic E-state index is 10.9. The Balaban J connectivity index is 3.99. The van der Waals surface area contributed by atoms with Gasteiger partial charge < -0.3 is 9.90 Å². The first-order valence-electron chi connectivity index (χ1n) is 3.07. The number of hydrogen-bond acceptors (Lipinski definition) is 3. The summed E-state index contributed by atoms with van der Waals surface area (Å²) in [5.41, 5.74) is -0.569. The third kappa shape index (κ3) is 3.22. The number of aliphatic carboxylic acids is 1. The van der Waals surface area contributed by atoms with Crippen LogP contribution in [0.25, 0.3) is 0 Å². The fraction of sp³-hybridized carbons (Fsp3) is 0.714. The Hall–Kier alpha value is -0.860. The van der Waals surface area contributed by atoms with Gasteiger partial charge in [0.25, 0.3) is 0 Å². The van der Waals surface area contributed by atoms with Crippen LogP contribution in [-0.4, -0.2) is 11.8 Å². The number of carboxylic acids is 1. The van der Waals surface area contributed by atoms with Crippen molar-refractivity contribution in [3.63, 3.8) is 0 Å². The summed E-state index contributed by atoms with van der Waals surface area (Å²) in [4.78, 5) is 20.8. The fourth-order valence-corrected chi connectivity index (χ4v) is 0.396. The zero-order valence-electron chi connectivity index (χ0n) is 6.43. The molecule has 0 aromatic heterocycles. The van der Waals surface area contributed by atoms with Crippen molar-refractivity contribution in [1.82, 2.24) is 0 Å². The number of carboxylic acid groups (broad SMARTS) is 1. The number of carbonyl (C=O) groups excluding carboxylic acids is 2. The summed E-state index contributed by atoms with van der Waals surface area (Å²) >= 11 is 0. The quantitative estimate of drug-likeness (QED) is 0.500. The first kappa shape index (κ1) is 9.14. The second kappa shape index (κ2) is 2.82. The molecule has 0 aliphatic heterocycles. The van der Waals surface area contributed by atoms with Crippen molar-refractivity contribution in [2.45, 2.75) is 27.2 Å². The molecule has 0 radical (unpaired) electrons. The van der Waals surface area contributed by atoms with Gasteiger partial charge in [-0.1, -0.05) is 20.8 Å². The van der Waals surface area contributed by atoms with Crippen molar-refractivity contribution in [3.8, 4) is 0 Å². The highest BCUT2D eigenvalue weighted by molar-refractivity contribution is 5.96. The van der Waals surface area contributed by atoms with Gasteiger partial charge in [0.15, 0.2) is 0 Å². The van der Waals surface area contributed by atoms with Crippen LogP contribution in [0.3, 0.4) is 0 Å². The molecular formula is C7H11O3-. The van der Waals surface area contributed by atoms with Crippen molar-refractivity contribution in [2.75, 3.05) is 0 Å². The molecule has 0 aromatic carbocycles. The summed E-state index contributed by atoms with van der Waals surface area (Å²) in [6.45, 7) is 5.04. The highest BCUT2D eigenvalue weighted by atomic mass is 16.4. The lowest BCUT2D eigenvalue weighted by molar-refractivity contribution is -0.304. The maximum Gasteiger partial charge on any atom is 0.143 e. The van der Waals surface area contributed by atoms with E-state index in [1.807, 2.05) is 0 Å². The third-order valence-corrected chi connectivity index (χ3v) is 1.14. The number of rotatable bonds is 2. The van der Waals surface area contributed by atoms with Crippen molar-refractivity contribution in [1.29, 1.82) is 0 Å². The van der Waals surface area contributed by atoms with Gasteiger partial charge in [0.1, 0.15) is 5.78 Å². The van der Waals surface area contributed by atoms with Gasteiger partial charge in [-0.2, -0.15) is 0 Å². The second-order valence-corrected chi connectivity index (χ2v) is 3.22. The topological polar surface area (TPSA) is 57.2 Å². The molecule has 0 spiro atoms. The van der Waals surface area contributed by atoms with Gasteiger partial charge in [0, 0.05) is 17.8 Å². The molecule has 0 aliphatic carbocycles. The molecule has 0 saturated heterocycles. The van der Waals surface area contributed by atoms with Gasteiger partial charge in [-0.15, -0.1) is 0 Å². The molecule has 0 aliphatic rings. The molecule has 3 heteroatoms. The summed E-state index contributed by atoms with van der Waals surface area (Å²) in [6.07, 6.45) is -0.483. The molecule has 3 nitrogen and oxygen atoms in total. The zero-order chi connectivity index (χ0) is 8.36. The predicted molar refractivity (Wildman–Crippen MR) is 34.1 cm³/mol. The van der Waals surface area contributed by atoms with Gasteiger partial charge in [0.2, 0.25) is 0 Å². The summed E-state index contributed by atoms with van der Waals surface area (Å²) in [5.74, 6) is -1.60. The number of hydrogen-bond donors (Lipinski definition) is 0. The second-order valence-electron chi connectivity index (χ2n) is 3.22. The SMILES string of the molecule is CC(C)(C)C(=O)CC(=O)[O-]. The summed E-state index contributed by atoms with van der Waals surface area (Å²) in [5, 5.41) is 9.92. The number of Topliss-reactive ketones (excluding diaryl/α,β-unsaturated/α-hetero) is 1. The smallest absolute Gasteiger partial charge is 0.143 e. The van der Waals surface area contributed by atoms with E-state index in [0.717, 1.165) is 0 Å². The van der Waals surface area contributed by atoms with Crippen LogP contribution in [0.2, 0.25) is 0 Å². The molecule has 0 saturated carbocycles. The molecule has 0 atom stereocenters. The van der Waals surface area contributed by atoms with Gasteiger partial charge in [-0.05, 0) is 0 Å². The minimum Gasteiger partial charge on any atom is -0.550 e. The lowest BCUT2D eigenvalue weighted by Gasteiger charge is -2.16. The van der Waals surface area contributed by atoms with Crippen LogP contribution in [-0.2, 0) is 9.59 Å². The first-order chi connectivity index (χ1) is 4.34. The predicted octanol–water partition coefficient (Wildman–Crippen LogP) is -0.258. The van der Waals surface area contributed by atoms with Crippen LogP contribution >= 0.6 is 0 Å². The summed E-state index contributed by atoms with van der Waals surface area (Å²) in [6, 6.07) is 0. The van der Waals surface area contributed by atoms with Crippen molar-refractivity contribution in [2.24, 2.45) is 5.41 Å². The minimum absolute atomic E-state index is 0.299. The molecule has 0 unspecified atom stereocenters. The van der Waals surface area contributed by atoms with Crippen LogP contribution in [0.1, 0.15) is 27.2 Å². The molecule has 10 heavy (non-hydrogen) atoms. The molecule has 0 amide bonds. The van der Waals surface area contributed by atoms with Gasteiger partial charge in [-0.25, -0.2) is 0 Å². The van der Waals surface area contributed by atoms with E-state index in [9.17, 15) is 14.7 Å². The Kier molecular flexibility index (Phi) is 2.57. The molecular weight excluding hydrogens is 132 g/mol. The molecule has 58 valence electrons. The van der Waals surface area contributed by atoms with Crippen LogP contribution < -0.4 is 5.11 Å². The Bertz CT molecular complexity index is 153. The lowest BCUT2D eigenvalue weighted by Crippen LogP contribution is -2.30. The van der Waals surface area contributed by atoms with Crippen LogP contribution in [0.4, 0.5) is 0 Å². The van der Waals surface area contributed by atoms with E-state index in [0.29, 0.717) is 0 Å². The fourth-order valence-electron chi connectivity index (χ4n) is 0.396. The Morgan fingerprint density at radius 2 is 1.70 bits per heavy atom. The van der Waals surface area contributed by atoms with Crippen LogP contribution in [0.5, 0.6) is 0 Å². The maximum absolute atomic E-state index is 10.9. The van der Waals surface area contributed by atoms with Gasteiger partial charge in [-0.3, -0.25) is 4.79 Å². The molecule has 0 heterocycles. The van der Waals surface area contributed by atoms with E-state index in [1.54, 1.807) is 20.8 Å². The van der Waals surface area contributed by atoms with Gasteiger partial charge >= 0.3 is 0 Å². The Morgan fingerprint density at radius 1 is 1.30 bits per heavy atom. The number of ketones is 1. The summed E-state index contributed by atoms with van der Waals surface area (Å²) < 4.78 is 0. The van der Waals surface area contributed by atoms with Crippen LogP contribution in [0, 0.1) is 5.41 Å². The van der Waals surface area contributed by atoms with Crippen LogP contribution in [0.15, 0.2) is 0 Å². The van der Waals surface area contributed by atoms with E-state index in [4.69, 9.17) is 0 Å². The van der Waals surface area contributed by atoms with Gasteiger partial charge in [0.05, 0.1) is 0 Å². The standard InChI is InChI=1S/C7H12O3/c1-7(2,3)5(8)4-6(9)10/h4H2,1-3H3,(H,9,10)/p-1. The molecule has 0 aromatic rings. The van der Waals surface area contributed by atoms with Crippen molar-refractivity contribution in [3.05, 3.63) is 0 Å². The normalized spacial score (nSPS) is 11.1. The van der Waals surface area contributed by atoms with E-state index in [2.05, 4.69) is 0 Å². The summed E-state index contributed by atoms with van der Waals surface area (Å²) in [7, 11) is 0. The number of carbonyl (C=O) groups is 2. The Labute approximate surface area is 60.0 Å². The molecule has 0 N–H and O–H groups in total.